The van der Waals surface area contributed by atoms with Crippen molar-refractivity contribution in [2.75, 3.05) is 26.3 Å². The summed E-state index contributed by atoms with van der Waals surface area (Å²) in [6.07, 6.45) is 6.78. The lowest BCUT2D eigenvalue weighted by atomic mass is 9.97. The van der Waals surface area contributed by atoms with Crippen LogP contribution >= 0.6 is 0 Å². The molecule has 1 rings (SSSR count). The average molecular weight is 241 g/mol. The summed E-state index contributed by atoms with van der Waals surface area (Å²) < 4.78 is 4.77. The van der Waals surface area contributed by atoms with Crippen LogP contribution in [0.4, 0.5) is 0 Å². The van der Waals surface area contributed by atoms with Crippen molar-refractivity contribution in [3.05, 3.63) is 12.2 Å². The molecule has 0 aliphatic heterocycles. The van der Waals surface area contributed by atoms with Gasteiger partial charge in [-0.15, -0.1) is 0 Å². The van der Waals surface area contributed by atoms with Gasteiger partial charge in [0.25, 0.3) is 0 Å². The highest BCUT2D eigenvalue weighted by Gasteiger charge is 2.25. The van der Waals surface area contributed by atoms with Crippen LogP contribution in [0.5, 0.6) is 0 Å². The van der Waals surface area contributed by atoms with Crippen LogP contribution in [-0.2, 0) is 9.53 Å². The molecular weight excluding hydrogens is 218 g/mol. The van der Waals surface area contributed by atoms with Crippen molar-refractivity contribution in [3.63, 3.8) is 0 Å². The lowest BCUT2D eigenvalue weighted by Crippen LogP contribution is -2.26. The first-order chi connectivity index (χ1) is 8.27. The molecule has 1 aliphatic rings. The minimum atomic E-state index is -0.289. The second kappa shape index (κ2) is 8.25. The van der Waals surface area contributed by atoms with Gasteiger partial charge in [-0.3, -0.25) is 0 Å². The van der Waals surface area contributed by atoms with Crippen molar-refractivity contribution in [1.82, 2.24) is 5.32 Å². The van der Waals surface area contributed by atoms with E-state index in [1.54, 1.807) is 13.0 Å². The Bertz CT molecular complexity index is 253. The number of hydrogen-bond donors (Lipinski definition) is 2. The Labute approximate surface area is 103 Å². The number of aliphatic hydroxyl groups is 1. The van der Waals surface area contributed by atoms with Gasteiger partial charge in [-0.1, -0.05) is 12.5 Å². The summed E-state index contributed by atoms with van der Waals surface area (Å²) in [5.74, 6) is 0.746. The Balaban J connectivity index is 2.09. The topological polar surface area (TPSA) is 58.6 Å². The largest absolute Gasteiger partial charge is 0.463 e. The smallest absolute Gasteiger partial charge is 0.330 e. The summed E-state index contributed by atoms with van der Waals surface area (Å²) in [5, 5.41) is 12.5. The van der Waals surface area contributed by atoms with Crippen molar-refractivity contribution in [1.29, 1.82) is 0 Å². The normalized spacial score (nSPS) is 24.4. The van der Waals surface area contributed by atoms with Gasteiger partial charge in [0.15, 0.2) is 0 Å². The molecule has 2 unspecified atom stereocenters. The fourth-order valence-corrected chi connectivity index (χ4v) is 2.32. The Morgan fingerprint density at radius 3 is 2.94 bits per heavy atom. The zero-order valence-electron chi connectivity index (χ0n) is 10.5. The molecule has 98 valence electrons. The molecule has 0 saturated heterocycles. The van der Waals surface area contributed by atoms with Gasteiger partial charge >= 0.3 is 5.97 Å². The van der Waals surface area contributed by atoms with Crippen LogP contribution in [0.1, 0.15) is 26.2 Å². The zero-order valence-corrected chi connectivity index (χ0v) is 10.5. The van der Waals surface area contributed by atoms with E-state index in [4.69, 9.17) is 9.84 Å². The second-order valence-electron chi connectivity index (χ2n) is 4.45. The molecule has 1 aliphatic carbocycles. The van der Waals surface area contributed by atoms with Gasteiger partial charge in [-0.2, -0.15) is 0 Å². The maximum absolute atomic E-state index is 11.0. The third kappa shape index (κ3) is 5.33. The van der Waals surface area contributed by atoms with Crippen molar-refractivity contribution in [3.8, 4) is 0 Å². The SMILES string of the molecule is CCOC(=O)/C=C/CNCC1CCCC1CO. The van der Waals surface area contributed by atoms with Gasteiger partial charge in [0, 0.05) is 19.2 Å². The molecule has 0 bridgehead atoms. The molecule has 4 heteroatoms. The fraction of sp³-hybridized carbons (Fsp3) is 0.769. The molecule has 0 aromatic carbocycles. The summed E-state index contributed by atoms with van der Waals surface area (Å²) in [5.41, 5.74) is 0. The van der Waals surface area contributed by atoms with E-state index >= 15 is 0 Å². The highest BCUT2D eigenvalue weighted by molar-refractivity contribution is 5.81. The summed E-state index contributed by atoms with van der Waals surface area (Å²) >= 11 is 0. The van der Waals surface area contributed by atoms with Crippen LogP contribution in [0.25, 0.3) is 0 Å². The maximum atomic E-state index is 11.0. The standard InChI is InChI=1S/C13H23NO3/c1-2-17-13(16)7-4-8-14-9-11-5-3-6-12(11)10-15/h4,7,11-12,14-15H,2-3,5-6,8-10H2,1H3/b7-4+. The predicted molar refractivity (Wildman–Crippen MR) is 66.6 cm³/mol. The second-order valence-corrected chi connectivity index (χ2v) is 4.45. The zero-order chi connectivity index (χ0) is 12.5. The molecule has 2 N–H and O–H groups in total. The number of hydrogen-bond acceptors (Lipinski definition) is 4. The monoisotopic (exact) mass is 241 g/mol. The number of ether oxygens (including phenoxy) is 1. The van der Waals surface area contributed by atoms with Crippen molar-refractivity contribution in [2.45, 2.75) is 26.2 Å². The van der Waals surface area contributed by atoms with Gasteiger partial charge in [0.2, 0.25) is 0 Å². The van der Waals surface area contributed by atoms with Gasteiger partial charge in [-0.25, -0.2) is 4.79 Å². The Kier molecular flexibility index (Phi) is 6.89. The predicted octanol–water partition coefficient (Wildman–Crippen LogP) is 1.10. The van der Waals surface area contributed by atoms with Crippen molar-refractivity contribution >= 4 is 5.97 Å². The molecule has 17 heavy (non-hydrogen) atoms. The van der Waals surface area contributed by atoms with Crippen LogP contribution in [0.15, 0.2) is 12.2 Å². The van der Waals surface area contributed by atoms with E-state index in [0.29, 0.717) is 31.6 Å². The highest BCUT2D eigenvalue weighted by Crippen LogP contribution is 2.30. The van der Waals surface area contributed by atoms with E-state index in [2.05, 4.69) is 5.32 Å². The van der Waals surface area contributed by atoms with E-state index in [1.165, 1.54) is 18.9 Å². The summed E-state index contributed by atoms with van der Waals surface area (Å²) in [7, 11) is 0. The van der Waals surface area contributed by atoms with E-state index < -0.39 is 0 Å². The Morgan fingerprint density at radius 2 is 2.24 bits per heavy atom. The number of carbonyl (C=O) groups excluding carboxylic acids is 1. The van der Waals surface area contributed by atoms with Gasteiger partial charge in [-0.05, 0) is 38.1 Å². The maximum Gasteiger partial charge on any atom is 0.330 e. The first-order valence-electron chi connectivity index (χ1n) is 6.42. The summed E-state index contributed by atoms with van der Waals surface area (Å²) in [6, 6.07) is 0. The molecule has 4 nitrogen and oxygen atoms in total. The molecule has 0 amide bonds. The Morgan fingerprint density at radius 1 is 1.47 bits per heavy atom. The molecule has 0 aromatic rings. The molecule has 0 aromatic heterocycles. The lowest BCUT2D eigenvalue weighted by Gasteiger charge is -2.17. The van der Waals surface area contributed by atoms with Crippen LogP contribution in [0.2, 0.25) is 0 Å². The third-order valence-corrected chi connectivity index (χ3v) is 3.26. The van der Waals surface area contributed by atoms with Crippen LogP contribution in [-0.4, -0.2) is 37.4 Å². The lowest BCUT2D eigenvalue weighted by molar-refractivity contribution is -0.137. The summed E-state index contributed by atoms with van der Waals surface area (Å²) in [6.45, 7) is 4.09. The van der Waals surface area contributed by atoms with Crippen LogP contribution in [0, 0.1) is 11.8 Å². The quantitative estimate of drug-likeness (QED) is 0.398. The molecule has 1 fully saturated rings. The van der Waals surface area contributed by atoms with Gasteiger partial charge in [0.1, 0.15) is 0 Å². The van der Waals surface area contributed by atoms with Gasteiger partial charge in [0.05, 0.1) is 6.61 Å². The first kappa shape index (κ1) is 14.2. The van der Waals surface area contributed by atoms with Crippen LogP contribution in [0.3, 0.4) is 0 Å². The van der Waals surface area contributed by atoms with Crippen molar-refractivity contribution in [2.24, 2.45) is 11.8 Å². The fourth-order valence-electron chi connectivity index (χ4n) is 2.32. The summed E-state index contributed by atoms with van der Waals surface area (Å²) in [4.78, 5) is 11.0. The molecule has 0 spiro atoms. The molecular formula is C13H23NO3. The third-order valence-electron chi connectivity index (χ3n) is 3.26. The molecule has 0 radical (unpaired) electrons. The highest BCUT2D eigenvalue weighted by atomic mass is 16.5. The first-order valence-corrected chi connectivity index (χ1v) is 6.42. The Hall–Kier alpha value is -0.870. The number of esters is 1. The molecule has 0 heterocycles. The number of nitrogens with one attached hydrogen (secondary N) is 1. The molecule has 2 atom stereocenters. The average Bonchev–Trinajstić information content (AvgIpc) is 2.76. The minimum Gasteiger partial charge on any atom is -0.463 e. The minimum absolute atomic E-state index is 0.289. The van der Waals surface area contributed by atoms with Crippen LogP contribution < -0.4 is 5.32 Å². The van der Waals surface area contributed by atoms with Gasteiger partial charge < -0.3 is 15.2 Å². The van der Waals surface area contributed by atoms with Crippen molar-refractivity contribution < 1.29 is 14.6 Å². The number of carbonyl (C=O) groups is 1. The van der Waals surface area contributed by atoms with E-state index in [-0.39, 0.29) is 5.97 Å². The number of aliphatic hydroxyl groups excluding tert-OH is 1. The molecule has 1 saturated carbocycles. The van der Waals surface area contributed by atoms with E-state index in [9.17, 15) is 4.79 Å². The number of rotatable bonds is 7. The van der Waals surface area contributed by atoms with E-state index in [1.807, 2.05) is 0 Å². The van der Waals surface area contributed by atoms with E-state index in [0.717, 1.165) is 13.0 Å².